The summed E-state index contributed by atoms with van der Waals surface area (Å²) < 4.78 is 26.6. The fraction of sp³-hybridized carbons (Fsp3) is 0.350. The van der Waals surface area contributed by atoms with Crippen molar-refractivity contribution in [1.29, 1.82) is 0 Å². The standard InChI is InChI=1S/C20H25N3O3S/c1-15-6-8-19(9-7-15)27(25,26)22-20(24)21-13-17-10-11-23(14-17)18-5-3-4-16(2)12-18/h3-9,12,17H,10-11,13-14H2,1-2H3,(H2,21,22,24). The lowest BCUT2D eigenvalue weighted by molar-refractivity contribution is 0.244. The van der Waals surface area contributed by atoms with Gasteiger partial charge in [-0.2, -0.15) is 0 Å². The van der Waals surface area contributed by atoms with Crippen molar-refractivity contribution in [2.45, 2.75) is 25.2 Å². The molecule has 2 amide bonds. The Kier molecular flexibility index (Phi) is 5.70. The maximum Gasteiger partial charge on any atom is 0.328 e. The van der Waals surface area contributed by atoms with Crippen LogP contribution in [-0.2, 0) is 10.0 Å². The number of sulfonamides is 1. The molecule has 1 aliphatic rings. The molecule has 6 nitrogen and oxygen atoms in total. The van der Waals surface area contributed by atoms with Crippen LogP contribution in [0.5, 0.6) is 0 Å². The molecule has 1 atom stereocenters. The Labute approximate surface area is 160 Å². The normalized spacial score (nSPS) is 17.0. The Morgan fingerprint density at radius 2 is 1.85 bits per heavy atom. The Morgan fingerprint density at radius 1 is 1.11 bits per heavy atom. The average Bonchev–Trinajstić information content (AvgIpc) is 3.09. The number of nitrogens with zero attached hydrogens (tertiary/aromatic N) is 1. The summed E-state index contributed by atoms with van der Waals surface area (Å²) in [5.41, 5.74) is 3.36. The van der Waals surface area contributed by atoms with Crippen LogP contribution in [0.2, 0.25) is 0 Å². The van der Waals surface area contributed by atoms with Crippen molar-refractivity contribution >= 4 is 21.7 Å². The van der Waals surface area contributed by atoms with E-state index in [4.69, 9.17) is 0 Å². The Balaban J connectivity index is 1.50. The van der Waals surface area contributed by atoms with Crippen LogP contribution >= 0.6 is 0 Å². The lowest BCUT2D eigenvalue weighted by atomic mass is 10.1. The van der Waals surface area contributed by atoms with Gasteiger partial charge in [-0.15, -0.1) is 0 Å². The van der Waals surface area contributed by atoms with E-state index in [-0.39, 0.29) is 4.90 Å². The fourth-order valence-electron chi connectivity index (χ4n) is 3.23. The number of urea groups is 1. The van der Waals surface area contributed by atoms with E-state index < -0.39 is 16.1 Å². The summed E-state index contributed by atoms with van der Waals surface area (Å²) in [6.45, 7) is 6.15. The van der Waals surface area contributed by atoms with E-state index in [2.05, 4.69) is 40.1 Å². The first kappa shape index (κ1) is 19.2. The van der Waals surface area contributed by atoms with Crippen molar-refractivity contribution in [1.82, 2.24) is 10.0 Å². The third kappa shape index (κ3) is 5.01. The minimum atomic E-state index is -3.85. The van der Waals surface area contributed by atoms with Crippen LogP contribution in [0.15, 0.2) is 53.4 Å². The number of hydrogen-bond donors (Lipinski definition) is 2. The number of anilines is 1. The fourth-order valence-corrected chi connectivity index (χ4v) is 4.16. The molecule has 1 saturated heterocycles. The monoisotopic (exact) mass is 387 g/mol. The van der Waals surface area contributed by atoms with Gasteiger partial charge >= 0.3 is 6.03 Å². The summed E-state index contributed by atoms with van der Waals surface area (Å²) in [4.78, 5) is 14.4. The number of carbonyl (C=O) groups is 1. The molecule has 0 radical (unpaired) electrons. The Bertz CT molecular complexity index is 910. The summed E-state index contributed by atoms with van der Waals surface area (Å²) in [6, 6.07) is 14.0. The highest BCUT2D eigenvalue weighted by Crippen LogP contribution is 2.24. The number of benzene rings is 2. The number of rotatable bonds is 5. The van der Waals surface area contributed by atoms with Gasteiger partial charge in [-0.1, -0.05) is 29.8 Å². The molecule has 0 aromatic heterocycles. The quantitative estimate of drug-likeness (QED) is 0.827. The zero-order valence-corrected chi connectivity index (χ0v) is 16.4. The van der Waals surface area contributed by atoms with Crippen LogP contribution in [0.3, 0.4) is 0 Å². The van der Waals surface area contributed by atoms with Crippen LogP contribution in [0, 0.1) is 19.8 Å². The van der Waals surface area contributed by atoms with Crippen LogP contribution in [0.25, 0.3) is 0 Å². The minimum Gasteiger partial charge on any atom is -0.371 e. The molecule has 1 fully saturated rings. The van der Waals surface area contributed by atoms with Gasteiger partial charge in [0.05, 0.1) is 4.90 Å². The summed E-state index contributed by atoms with van der Waals surface area (Å²) in [7, 11) is -3.85. The van der Waals surface area contributed by atoms with Gasteiger partial charge in [-0.25, -0.2) is 17.9 Å². The summed E-state index contributed by atoms with van der Waals surface area (Å²) >= 11 is 0. The maximum atomic E-state index is 12.2. The smallest absolute Gasteiger partial charge is 0.328 e. The van der Waals surface area contributed by atoms with Gasteiger partial charge in [0.1, 0.15) is 0 Å². The average molecular weight is 388 g/mol. The highest BCUT2D eigenvalue weighted by molar-refractivity contribution is 7.90. The Morgan fingerprint density at radius 3 is 2.56 bits per heavy atom. The second kappa shape index (κ2) is 8.00. The van der Waals surface area contributed by atoms with Crippen molar-refractivity contribution in [3.8, 4) is 0 Å². The zero-order chi connectivity index (χ0) is 19.4. The molecular formula is C20H25N3O3S. The highest BCUT2D eigenvalue weighted by atomic mass is 32.2. The predicted octanol–water partition coefficient (Wildman–Crippen LogP) is 2.82. The number of hydrogen-bond acceptors (Lipinski definition) is 4. The van der Waals surface area contributed by atoms with Gasteiger partial charge < -0.3 is 10.2 Å². The van der Waals surface area contributed by atoms with Gasteiger partial charge in [0.25, 0.3) is 10.0 Å². The van der Waals surface area contributed by atoms with Crippen LogP contribution in [0.1, 0.15) is 17.5 Å². The largest absolute Gasteiger partial charge is 0.371 e. The second-order valence-electron chi connectivity index (χ2n) is 7.07. The van der Waals surface area contributed by atoms with Gasteiger partial charge in [-0.3, -0.25) is 0 Å². The van der Waals surface area contributed by atoms with Gasteiger partial charge in [-0.05, 0) is 56.0 Å². The zero-order valence-electron chi connectivity index (χ0n) is 15.6. The van der Waals surface area contributed by atoms with Gasteiger partial charge in [0.2, 0.25) is 0 Å². The lowest BCUT2D eigenvalue weighted by Crippen LogP contribution is -2.41. The summed E-state index contributed by atoms with van der Waals surface area (Å²) in [6.07, 6.45) is 0.957. The third-order valence-electron chi connectivity index (χ3n) is 4.76. The second-order valence-corrected chi connectivity index (χ2v) is 8.75. The van der Waals surface area contributed by atoms with Crippen molar-refractivity contribution in [2.75, 3.05) is 24.5 Å². The van der Waals surface area contributed by atoms with E-state index in [1.807, 2.05) is 13.0 Å². The molecular weight excluding hydrogens is 362 g/mol. The van der Waals surface area contributed by atoms with E-state index in [1.165, 1.54) is 23.4 Å². The molecule has 0 spiro atoms. The lowest BCUT2D eigenvalue weighted by Gasteiger charge is -2.19. The summed E-state index contributed by atoms with van der Waals surface area (Å²) in [5.74, 6) is 0.290. The van der Waals surface area contributed by atoms with E-state index >= 15 is 0 Å². The van der Waals surface area contributed by atoms with Crippen LogP contribution in [0.4, 0.5) is 10.5 Å². The van der Waals surface area contributed by atoms with Crippen molar-refractivity contribution in [2.24, 2.45) is 5.92 Å². The summed E-state index contributed by atoms with van der Waals surface area (Å²) in [5, 5.41) is 2.69. The predicted molar refractivity (Wildman–Crippen MR) is 106 cm³/mol. The molecule has 0 bridgehead atoms. The molecule has 7 heteroatoms. The highest BCUT2D eigenvalue weighted by Gasteiger charge is 2.24. The molecule has 0 aliphatic carbocycles. The van der Waals surface area contributed by atoms with Crippen molar-refractivity contribution < 1.29 is 13.2 Å². The Hall–Kier alpha value is -2.54. The molecule has 3 rings (SSSR count). The number of aryl methyl sites for hydroxylation is 2. The van der Waals surface area contributed by atoms with Crippen molar-refractivity contribution in [3.63, 3.8) is 0 Å². The van der Waals surface area contributed by atoms with Gasteiger partial charge in [0, 0.05) is 25.3 Å². The molecule has 1 aliphatic heterocycles. The molecule has 2 aromatic carbocycles. The van der Waals surface area contributed by atoms with E-state index in [0.29, 0.717) is 12.5 Å². The first-order valence-corrected chi connectivity index (χ1v) is 10.5. The molecule has 1 heterocycles. The van der Waals surface area contributed by atoms with E-state index in [0.717, 1.165) is 25.1 Å². The SMILES string of the molecule is Cc1ccc(S(=O)(=O)NC(=O)NCC2CCN(c3cccc(C)c3)C2)cc1. The topological polar surface area (TPSA) is 78.5 Å². The minimum absolute atomic E-state index is 0.0785. The third-order valence-corrected chi connectivity index (χ3v) is 6.11. The van der Waals surface area contributed by atoms with Crippen LogP contribution in [-0.4, -0.2) is 34.1 Å². The number of nitrogens with one attached hydrogen (secondary N) is 2. The van der Waals surface area contributed by atoms with E-state index in [1.54, 1.807) is 12.1 Å². The van der Waals surface area contributed by atoms with Crippen molar-refractivity contribution in [3.05, 3.63) is 59.7 Å². The van der Waals surface area contributed by atoms with E-state index in [9.17, 15) is 13.2 Å². The first-order chi connectivity index (χ1) is 12.8. The molecule has 2 aromatic rings. The first-order valence-electron chi connectivity index (χ1n) is 9.02. The van der Waals surface area contributed by atoms with Gasteiger partial charge in [0.15, 0.2) is 0 Å². The maximum absolute atomic E-state index is 12.2. The molecule has 1 unspecified atom stereocenters. The van der Waals surface area contributed by atoms with Crippen LogP contribution < -0.4 is 14.9 Å². The molecule has 27 heavy (non-hydrogen) atoms. The number of amides is 2. The molecule has 144 valence electrons. The number of carbonyl (C=O) groups excluding carboxylic acids is 1. The molecule has 0 saturated carbocycles. The molecule has 2 N–H and O–H groups in total.